The van der Waals surface area contributed by atoms with Crippen LogP contribution in [-0.2, 0) is 11.3 Å². The minimum atomic E-state index is -0.238. The van der Waals surface area contributed by atoms with Crippen molar-refractivity contribution in [1.29, 1.82) is 0 Å². The van der Waals surface area contributed by atoms with Gasteiger partial charge in [-0.3, -0.25) is 4.79 Å². The molecule has 0 unspecified atom stereocenters. The second kappa shape index (κ2) is 8.63. The number of amides is 1. The largest absolute Gasteiger partial charge is 0.342 e. The molecule has 2 aromatic carbocycles. The third-order valence-electron chi connectivity index (χ3n) is 4.86. The quantitative estimate of drug-likeness (QED) is 0.451. The highest BCUT2D eigenvalue weighted by molar-refractivity contribution is 8.21. The van der Waals surface area contributed by atoms with E-state index in [1.54, 1.807) is 18.3 Å². The van der Waals surface area contributed by atoms with Crippen molar-refractivity contribution in [3.8, 4) is 0 Å². The van der Waals surface area contributed by atoms with Crippen molar-refractivity contribution in [2.45, 2.75) is 24.0 Å². The molecule has 1 aliphatic rings. The van der Waals surface area contributed by atoms with Gasteiger partial charge >= 0.3 is 0 Å². The molecule has 0 aliphatic carbocycles. The minimum absolute atomic E-state index is 0.0508. The molecule has 4 nitrogen and oxygen atoms in total. The Hall–Kier alpha value is -2.25. The number of para-hydroxylation sites is 1. The van der Waals surface area contributed by atoms with Crippen LogP contribution in [0.15, 0.2) is 59.8 Å². The van der Waals surface area contributed by atoms with Crippen molar-refractivity contribution in [3.63, 3.8) is 0 Å². The summed E-state index contributed by atoms with van der Waals surface area (Å²) in [4.78, 5) is 12.2. The van der Waals surface area contributed by atoms with Crippen LogP contribution < -0.4 is 5.43 Å². The zero-order chi connectivity index (χ0) is 20.3. The van der Waals surface area contributed by atoms with E-state index in [-0.39, 0.29) is 15.8 Å². The van der Waals surface area contributed by atoms with Crippen molar-refractivity contribution in [3.05, 3.63) is 71.7 Å². The van der Waals surface area contributed by atoms with Crippen LogP contribution in [0.5, 0.6) is 0 Å². The van der Waals surface area contributed by atoms with Crippen molar-refractivity contribution in [2.75, 3.05) is 11.5 Å². The molecular formula is C22H22FN3OS2. The molecule has 150 valence electrons. The van der Waals surface area contributed by atoms with Crippen LogP contribution in [0.1, 0.15) is 24.5 Å². The molecule has 1 aromatic heterocycles. The summed E-state index contributed by atoms with van der Waals surface area (Å²) in [6, 6.07) is 14.6. The Labute approximate surface area is 177 Å². The van der Waals surface area contributed by atoms with Gasteiger partial charge in [0.05, 0.1) is 16.7 Å². The number of nitrogens with zero attached hydrogens (tertiary/aromatic N) is 2. The molecule has 1 aliphatic heterocycles. The van der Waals surface area contributed by atoms with E-state index >= 15 is 0 Å². The molecule has 29 heavy (non-hydrogen) atoms. The summed E-state index contributed by atoms with van der Waals surface area (Å²) in [6.45, 7) is 2.75. The maximum absolute atomic E-state index is 13.2. The third kappa shape index (κ3) is 4.85. The molecule has 1 saturated heterocycles. The average Bonchev–Trinajstić information content (AvgIpc) is 3.28. The smallest absolute Gasteiger partial charge is 0.242 e. The van der Waals surface area contributed by atoms with Gasteiger partial charge in [0.25, 0.3) is 0 Å². The molecule has 3 aromatic rings. The van der Waals surface area contributed by atoms with Crippen molar-refractivity contribution >= 4 is 46.5 Å². The predicted octanol–water partition coefficient (Wildman–Crippen LogP) is 4.87. The lowest BCUT2D eigenvalue weighted by atomic mass is 10.2. The zero-order valence-electron chi connectivity index (χ0n) is 16.1. The lowest BCUT2D eigenvalue weighted by Gasteiger charge is -2.19. The van der Waals surface area contributed by atoms with Gasteiger partial charge in [0.2, 0.25) is 5.91 Å². The van der Waals surface area contributed by atoms with E-state index in [4.69, 9.17) is 0 Å². The number of halogens is 1. The highest BCUT2D eigenvalue weighted by Gasteiger charge is 2.32. The summed E-state index contributed by atoms with van der Waals surface area (Å²) < 4.78 is 15.2. The van der Waals surface area contributed by atoms with Gasteiger partial charge in [-0.25, -0.2) is 9.82 Å². The first-order valence-corrected chi connectivity index (χ1v) is 11.4. The van der Waals surface area contributed by atoms with Gasteiger partial charge < -0.3 is 4.57 Å². The van der Waals surface area contributed by atoms with Gasteiger partial charge in [-0.1, -0.05) is 30.3 Å². The van der Waals surface area contributed by atoms with E-state index in [1.165, 1.54) is 12.1 Å². The number of thioether (sulfide) groups is 2. The molecular weight excluding hydrogens is 405 g/mol. The summed E-state index contributed by atoms with van der Waals surface area (Å²) >= 11 is 3.67. The first kappa shape index (κ1) is 20.0. The Morgan fingerprint density at radius 2 is 1.93 bits per heavy atom. The van der Waals surface area contributed by atoms with Crippen molar-refractivity contribution < 1.29 is 9.18 Å². The summed E-state index contributed by atoms with van der Waals surface area (Å²) in [5.41, 5.74) is 5.68. The summed E-state index contributed by atoms with van der Waals surface area (Å²) in [5.74, 6) is 1.87. The average molecular weight is 428 g/mol. The Morgan fingerprint density at radius 3 is 2.69 bits per heavy atom. The number of hydrazone groups is 1. The number of hydrogen-bond donors (Lipinski definition) is 1. The number of aromatic nitrogens is 1. The molecule has 1 amide bonds. The Morgan fingerprint density at radius 1 is 1.21 bits per heavy atom. The lowest BCUT2D eigenvalue weighted by Crippen LogP contribution is -2.26. The molecule has 0 atom stereocenters. The molecule has 4 rings (SSSR count). The molecule has 1 N–H and O–H groups in total. The molecule has 0 bridgehead atoms. The second-order valence-electron chi connectivity index (χ2n) is 7.16. The van der Waals surface area contributed by atoms with Crippen molar-refractivity contribution in [2.24, 2.45) is 5.10 Å². The number of carbonyl (C=O) groups excluding carboxylic acids is 1. The van der Waals surface area contributed by atoms with Crippen LogP contribution in [0.25, 0.3) is 10.9 Å². The van der Waals surface area contributed by atoms with Gasteiger partial charge in [-0.2, -0.15) is 5.10 Å². The minimum Gasteiger partial charge on any atom is -0.342 e. The Kier molecular flexibility index (Phi) is 5.96. The van der Waals surface area contributed by atoms with Crippen LogP contribution >= 0.6 is 23.5 Å². The van der Waals surface area contributed by atoms with Crippen LogP contribution in [0.4, 0.5) is 4.39 Å². The number of nitrogens with one attached hydrogen (secondary N) is 1. The van der Waals surface area contributed by atoms with Gasteiger partial charge in [-0.05, 0) is 30.7 Å². The standard InChI is InChI=1S/C22H22FN3OS2/c1-22(28-10-11-29-22)12-21(27)25-24-13-17-15-26(20-5-3-2-4-19(17)20)14-16-6-8-18(23)9-7-16/h2-9,13,15H,10-12,14H2,1H3,(H,25,27)/b24-13-. The predicted molar refractivity (Wildman–Crippen MR) is 121 cm³/mol. The Bertz CT molecular complexity index is 1040. The highest BCUT2D eigenvalue weighted by atomic mass is 32.2. The van der Waals surface area contributed by atoms with Crippen LogP contribution in [-0.4, -0.2) is 32.3 Å². The lowest BCUT2D eigenvalue weighted by molar-refractivity contribution is -0.121. The molecule has 0 radical (unpaired) electrons. The SMILES string of the molecule is CC1(CC(=O)N/N=C\c2cn(Cc3ccc(F)cc3)c3ccccc23)SCCS1. The molecule has 2 heterocycles. The van der Waals surface area contributed by atoms with E-state index in [2.05, 4.69) is 22.0 Å². The number of hydrogen-bond acceptors (Lipinski definition) is 4. The first-order valence-electron chi connectivity index (χ1n) is 9.45. The number of rotatable bonds is 6. The van der Waals surface area contributed by atoms with Gasteiger partial charge in [-0.15, -0.1) is 23.5 Å². The number of benzene rings is 2. The van der Waals surface area contributed by atoms with E-state index in [1.807, 2.05) is 54.0 Å². The van der Waals surface area contributed by atoms with E-state index < -0.39 is 0 Å². The van der Waals surface area contributed by atoms with Gasteiger partial charge in [0.1, 0.15) is 5.82 Å². The van der Waals surface area contributed by atoms with E-state index in [0.29, 0.717) is 13.0 Å². The molecule has 1 fully saturated rings. The van der Waals surface area contributed by atoms with Crippen LogP contribution in [0, 0.1) is 5.82 Å². The number of carbonyl (C=O) groups is 1. The van der Waals surface area contributed by atoms with Crippen molar-refractivity contribution in [1.82, 2.24) is 9.99 Å². The van der Waals surface area contributed by atoms with Gasteiger partial charge in [0, 0.05) is 40.7 Å². The normalized spacial score (nSPS) is 15.9. The molecule has 7 heteroatoms. The zero-order valence-corrected chi connectivity index (χ0v) is 17.7. The Balaban J connectivity index is 1.49. The van der Waals surface area contributed by atoms with Crippen LogP contribution in [0.2, 0.25) is 0 Å². The summed E-state index contributed by atoms with van der Waals surface area (Å²) in [6.07, 6.45) is 4.15. The summed E-state index contributed by atoms with van der Waals surface area (Å²) in [5, 5.41) is 5.25. The molecule has 0 saturated carbocycles. The topological polar surface area (TPSA) is 46.4 Å². The fraction of sp³-hybridized carbons (Fsp3) is 0.273. The van der Waals surface area contributed by atoms with E-state index in [9.17, 15) is 9.18 Å². The maximum Gasteiger partial charge on any atom is 0.242 e. The third-order valence-corrected chi connectivity index (χ3v) is 8.15. The second-order valence-corrected chi connectivity index (χ2v) is 10.6. The summed E-state index contributed by atoms with van der Waals surface area (Å²) in [7, 11) is 0. The first-order chi connectivity index (χ1) is 14.0. The van der Waals surface area contributed by atoms with E-state index in [0.717, 1.165) is 33.5 Å². The fourth-order valence-corrected chi connectivity index (χ4v) is 6.29. The van der Waals surface area contributed by atoms with Gasteiger partial charge in [0.15, 0.2) is 0 Å². The highest BCUT2D eigenvalue weighted by Crippen LogP contribution is 2.45. The molecule has 0 spiro atoms. The monoisotopic (exact) mass is 427 g/mol. The number of fused-ring (bicyclic) bond motifs is 1. The maximum atomic E-state index is 13.2. The van der Waals surface area contributed by atoms with Crippen LogP contribution in [0.3, 0.4) is 0 Å². The fourth-order valence-electron chi connectivity index (χ4n) is 3.46.